The van der Waals surface area contributed by atoms with Crippen LogP contribution in [0.2, 0.25) is 0 Å². The summed E-state index contributed by atoms with van der Waals surface area (Å²) in [5, 5.41) is 4.43. The van der Waals surface area contributed by atoms with E-state index in [-0.39, 0.29) is 0 Å². The van der Waals surface area contributed by atoms with Gasteiger partial charge in [0.25, 0.3) is 0 Å². The second-order valence-corrected chi connectivity index (χ2v) is 5.22. The molecule has 4 heteroatoms. The van der Waals surface area contributed by atoms with Crippen molar-refractivity contribution in [1.29, 1.82) is 0 Å². The maximum Gasteiger partial charge on any atom is 0.0649 e. The van der Waals surface area contributed by atoms with E-state index in [1.54, 1.807) is 0 Å². The summed E-state index contributed by atoms with van der Waals surface area (Å²) in [6.45, 7) is 4.85. The summed E-state index contributed by atoms with van der Waals surface area (Å²) in [6.07, 6.45) is 1.86. The molecule has 1 aromatic carbocycles. The third kappa shape index (κ3) is 2.42. The molecule has 2 rings (SSSR count). The highest BCUT2D eigenvalue weighted by Gasteiger charge is 2.14. The highest BCUT2D eigenvalue weighted by atomic mass is 79.9. The van der Waals surface area contributed by atoms with Crippen LogP contribution in [0.1, 0.15) is 31.0 Å². The third-order valence-corrected chi connectivity index (χ3v) is 3.25. The fourth-order valence-electron chi connectivity index (χ4n) is 1.95. The largest absolute Gasteiger partial charge is 0.326 e. The normalized spacial score (nSPS) is 11.1. The first kappa shape index (κ1) is 12.3. The van der Waals surface area contributed by atoms with Gasteiger partial charge in [-0.2, -0.15) is 5.10 Å². The van der Waals surface area contributed by atoms with Crippen LogP contribution in [0.15, 0.2) is 34.9 Å². The molecule has 0 saturated carbocycles. The van der Waals surface area contributed by atoms with Gasteiger partial charge in [0.15, 0.2) is 0 Å². The van der Waals surface area contributed by atoms with Gasteiger partial charge in [-0.15, -0.1) is 0 Å². The zero-order chi connectivity index (χ0) is 12.4. The number of nitrogens with two attached hydrogens (primary N) is 1. The molecule has 3 nitrogen and oxygen atoms in total. The van der Waals surface area contributed by atoms with Gasteiger partial charge in [-0.3, -0.25) is 0 Å². The molecule has 0 aliphatic heterocycles. The Balaban J connectivity index is 2.51. The van der Waals surface area contributed by atoms with Crippen LogP contribution in [0, 0.1) is 0 Å². The Hall–Kier alpha value is -1.13. The van der Waals surface area contributed by atoms with E-state index in [9.17, 15) is 0 Å². The van der Waals surface area contributed by atoms with Crippen molar-refractivity contribution in [2.24, 2.45) is 5.73 Å². The van der Waals surface area contributed by atoms with E-state index in [0.717, 1.165) is 15.7 Å². The zero-order valence-electron chi connectivity index (χ0n) is 10.0. The molecule has 0 atom stereocenters. The second kappa shape index (κ2) is 5.02. The standard InChI is InChI=1S/C13H16BrN3/c1-9(2)13-10(7-15)8-16-17(13)12-5-3-11(14)4-6-12/h3-6,8-9H,7,15H2,1-2H3. The molecule has 0 fully saturated rings. The summed E-state index contributed by atoms with van der Waals surface area (Å²) in [4.78, 5) is 0. The summed E-state index contributed by atoms with van der Waals surface area (Å²) >= 11 is 3.43. The predicted molar refractivity (Wildman–Crippen MR) is 73.2 cm³/mol. The molecule has 0 unspecified atom stereocenters. The number of hydrogen-bond acceptors (Lipinski definition) is 2. The Labute approximate surface area is 110 Å². The summed E-state index contributed by atoms with van der Waals surface area (Å²) in [5.41, 5.74) is 9.11. The quantitative estimate of drug-likeness (QED) is 0.944. The lowest BCUT2D eigenvalue weighted by molar-refractivity contribution is 0.725. The minimum Gasteiger partial charge on any atom is -0.326 e. The summed E-state index contributed by atoms with van der Waals surface area (Å²) < 4.78 is 3.04. The molecule has 0 aliphatic carbocycles. The van der Waals surface area contributed by atoms with E-state index in [4.69, 9.17) is 5.73 Å². The van der Waals surface area contributed by atoms with Crippen molar-refractivity contribution >= 4 is 15.9 Å². The van der Waals surface area contributed by atoms with Gasteiger partial charge in [0.2, 0.25) is 0 Å². The lowest BCUT2D eigenvalue weighted by atomic mass is 10.1. The number of rotatable bonds is 3. The van der Waals surface area contributed by atoms with Gasteiger partial charge in [-0.05, 0) is 30.2 Å². The molecule has 1 heterocycles. The van der Waals surface area contributed by atoms with Crippen molar-refractivity contribution in [3.05, 3.63) is 46.2 Å². The maximum absolute atomic E-state index is 5.74. The summed E-state index contributed by atoms with van der Waals surface area (Å²) in [6, 6.07) is 8.12. The van der Waals surface area contributed by atoms with E-state index in [1.165, 1.54) is 5.69 Å². The van der Waals surface area contributed by atoms with Crippen LogP contribution < -0.4 is 5.73 Å². The van der Waals surface area contributed by atoms with Gasteiger partial charge >= 0.3 is 0 Å². The SMILES string of the molecule is CC(C)c1c(CN)cnn1-c1ccc(Br)cc1. The molecule has 0 saturated heterocycles. The van der Waals surface area contributed by atoms with Gasteiger partial charge in [0.1, 0.15) is 0 Å². The number of nitrogens with zero attached hydrogens (tertiary/aromatic N) is 2. The summed E-state index contributed by atoms with van der Waals surface area (Å²) in [5.74, 6) is 0.402. The Morgan fingerprint density at radius 2 is 1.94 bits per heavy atom. The van der Waals surface area contributed by atoms with Crippen LogP contribution in [-0.2, 0) is 6.54 Å². The number of hydrogen-bond donors (Lipinski definition) is 1. The molecule has 0 bridgehead atoms. The molecule has 0 spiro atoms. The molecule has 2 N–H and O–H groups in total. The summed E-state index contributed by atoms with van der Waals surface area (Å²) in [7, 11) is 0. The van der Waals surface area contributed by atoms with E-state index in [0.29, 0.717) is 12.5 Å². The van der Waals surface area contributed by atoms with E-state index < -0.39 is 0 Å². The van der Waals surface area contributed by atoms with E-state index in [1.807, 2.05) is 35.1 Å². The lowest BCUT2D eigenvalue weighted by Crippen LogP contribution is -2.07. The van der Waals surface area contributed by atoms with Crippen molar-refractivity contribution in [2.75, 3.05) is 0 Å². The van der Waals surface area contributed by atoms with Crippen LogP contribution >= 0.6 is 15.9 Å². The predicted octanol–water partition coefficient (Wildman–Crippen LogP) is 3.22. The Kier molecular flexibility index (Phi) is 3.64. The van der Waals surface area contributed by atoms with Gasteiger partial charge in [-0.25, -0.2) is 4.68 Å². The van der Waals surface area contributed by atoms with E-state index >= 15 is 0 Å². The van der Waals surface area contributed by atoms with Crippen molar-refractivity contribution in [3.8, 4) is 5.69 Å². The first-order valence-corrected chi connectivity index (χ1v) is 6.45. The van der Waals surface area contributed by atoms with Crippen LogP contribution in [0.3, 0.4) is 0 Å². The van der Waals surface area contributed by atoms with Crippen LogP contribution in [-0.4, -0.2) is 9.78 Å². The minimum absolute atomic E-state index is 0.402. The van der Waals surface area contributed by atoms with Crippen molar-refractivity contribution < 1.29 is 0 Å². The first-order valence-electron chi connectivity index (χ1n) is 5.66. The molecule has 0 aliphatic rings. The van der Waals surface area contributed by atoms with Crippen molar-refractivity contribution in [3.63, 3.8) is 0 Å². The lowest BCUT2D eigenvalue weighted by Gasteiger charge is -2.12. The van der Waals surface area contributed by atoms with E-state index in [2.05, 4.69) is 34.9 Å². The fourth-order valence-corrected chi connectivity index (χ4v) is 2.22. The maximum atomic E-state index is 5.74. The average molecular weight is 294 g/mol. The fraction of sp³-hybridized carbons (Fsp3) is 0.308. The van der Waals surface area contributed by atoms with Crippen LogP contribution in [0.4, 0.5) is 0 Å². The molecule has 90 valence electrons. The van der Waals surface area contributed by atoms with Gasteiger partial charge in [0.05, 0.1) is 17.6 Å². The highest BCUT2D eigenvalue weighted by Crippen LogP contribution is 2.23. The first-order chi connectivity index (χ1) is 8.13. The second-order valence-electron chi connectivity index (χ2n) is 4.30. The molecule has 17 heavy (non-hydrogen) atoms. The monoisotopic (exact) mass is 293 g/mol. The Morgan fingerprint density at radius 1 is 1.29 bits per heavy atom. The van der Waals surface area contributed by atoms with Crippen molar-refractivity contribution in [1.82, 2.24) is 9.78 Å². The smallest absolute Gasteiger partial charge is 0.0649 e. The minimum atomic E-state index is 0.402. The Bertz CT molecular complexity index is 500. The van der Waals surface area contributed by atoms with Gasteiger partial charge in [0, 0.05) is 16.6 Å². The average Bonchev–Trinajstić information content (AvgIpc) is 2.73. The Morgan fingerprint density at radius 3 is 2.47 bits per heavy atom. The third-order valence-electron chi connectivity index (χ3n) is 2.72. The molecular formula is C13H16BrN3. The topological polar surface area (TPSA) is 43.8 Å². The highest BCUT2D eigenvalue weighted by molar-refractivity contribution is 9.10. The molecular weight excluding hydrogens is 278 g/mol. The molecule has 2 aromatic rings. The molecule has 0 amide bonds. The molecule has 1 aromatic heterocycles. The number of aromatic nitrogens is 2. The van der Waals surface area contributed by atoms with Gasteiger partial charge in [-0.1, -0.05) is 29.8 Å². The van der Waals surface area contributed by atoms with Crippen molar-refractivity contribution in [2.45, 2.75) is 26.3 Å². The molecule has 0 radical (unpaired) electrons. The van der Waals surface area contributed by atoms with Crippen LogP contribution in [0.25, 0.3) is 5.69 Å². The number of benzene rings is 1. The van der Waals surface area contributed by atoms with Crippen LogP contribution in [0.5, 0.6) is 0 Å². The zero-order valence-corrected chi connectivity index (χ0v) is 11.6. The number of halogens is 1. The van der Waals surface area contributed by atoms with Gasteiger partial charge < -0.3 is 5.73 Å².